The molecule has 0 atom stereocenters. The van der Waals surface area contributed by atoms with Crippen molar-refractivity contribution in [3.8, 4) is 6.07 Å². The van der Waals surface area contributed by atoms with E-state index in [1.165, 1.54) is 12.1 Å². The van der Waals surface area contributed by atoms with Gasteiger partial charge in [0.2, 0.25) is 5.91 Å². The second kappa shape index (κ2) is 4.45. The second-order valence-electron chi connectivity index (χ2n) is 3.99. The fraction of sp³-hybridized carbons (Fsp3) is 0.250. The Balaban J connectivity index is 2.42. The Hall–Kier alpha value is -2.42. The highest BCUT2D eigenvalue weighted by atomic mass is 19.1. The molecule has 1 heterocycles. The molecule has 0 spiro atoms. The van der Waals surface area contributed by atoms with Crippen LogP contribution in [0.5, 0.6) is 0 Å². The maximum Gasteiger partial charge on any atom is 0.328 e. The summed E-state index contributed by atoms with van der Waals surface area (Å²) in [5.74, 6) is -0.972. The van der Waals surface area contributed by atoms with Crippen molar-refractivity contribution in [1.29, 1.82) is 5.26 Å². The molecule has 2 rings (SSSR count). The highest BCUT2D eigenvalue weighted by molar-refractivity contribution is 6.05. The number of hydrogen-bond acceptors (Lipinski definition) is 3. The van der Waals surface area contributed by atoms with E-state index in [0.29, 0.717) is 11.1 Å². The minimum absolute atomic E-state index is 0.0159. The van der Waals surface area contributed by atoms with E-state index in [9.17, 15) is 14.0 Å². The van der Waals surface area contributed by atoms with Gasteiger partial charge < -0.3 is 0 Å². The summed E-state index contributed by atoms with van der Waals surface area (Å²) in [5, 5.41) is 11.0. The number of nitriles is 1. The van der Waals surface area contributed by atoms with Crippen molar-refractivity contribution in [2.45, 2.75) is 13.3 Å². The van der Waals surface area contributed by atoms with Crippen LogP contribution >= 0.6 is 0 Å². The standard InChI is InChI=1S/C12H10FN3O2/c1-7-4-9(13)10(5-8(7)6-14)16-3-2-11(17)15-12(16)18/h4-5H,2-3H2,1H3,(H,15,17,18). The molecule has 1 N–H and O–H groups in total. The Kier molecular flexibility index (Phi) is 2.98. The molecule has 0 radical (unpaired) electrons. The molecule has 92 valence electrons. The number of amides is 3. The zero-order valence-electron chi connectivity index (χ0n) is 9.66. The van der Waals surface area contributed by atoms with E-state index >= 15 is 0 Å². The molecule has 1 saturated heterocycles. The number of nitrogens with zero attached hydrogens (tertiary/aromatic N) is 2. The van der Waals surface area contributed by atoms with Gasteiger partial charge in [-0.3, -0.25) is 15.0 Å². The van der Waals surface area contributed by atoms with Crippen LogP contribution in [0.4, 0.5) is 14.9 Å². The van der Waals surface area contributed by atoms with Gasteiger partial charge in [-0.15, -0.1) is 0 Å². The topological polar surface area (TPSA) is 73.2 Å². The fourth-order valence-corrected chi connectivity index (χ4v) is 1.78. The second-order valence-corrected chi connectivity index (χ2v) is 3.99. The number of rotatable bonds is 1. The third kappa shape index (κ3) is 2.02. The molecule has 1 fully saturated rings. The maximum atomic E-state index is 13.8. The lowest BCUT2D eigenvalue weighted by Gasteiger charge is -2.27. The van der Waals surface area contributed by atoms with Gasteiger partial charge in [0, 0.05) is 13.0 Å². The predicted molar refractivity (Wildman–Crippen MR) is 61.4 cm³/mol. The number of anilines is 1. The normalized spacial score (nSPS) is 15.3. The fourth-order valence-electron chi connectivity index (χ4n) is 1.78. The lowest BCUT2D eigenvalue weighted by molar-refractivity contribution is -0.120. The molecular formula is C12H10FN3O2. The Labute approximate surface area is 103 Å². The van der Waals surface area contributed by atoms with E-state index in [1.54, 1.807) is 6.92 Å². The average Bonchev–Trinajstić information content (AvgIpc) is 2.30. The Bertz CT molecular complexity index is 577. The van der Waals surface area contributed by atoms with Crippen LogP contribution in [-0.4, -0.2) is 18.5 Å². The van der Waals surface area contributed by atoms with Crippen LogP contribution in [0.1, 0.15) is 17.5 Å². The van der Waals surface area contributed by atoms with E-state index < -0.39 is 11.8 Å². The van der Waals surface area contributed by atoms with E-state index in [4.69, 9.17) is 5.26 Å². The summed E-state index contributed by atoms with van der Waals surface area (Å²) in [4.78, 5) is 23.7. The number of carbonyl (C=O) groups excluding carboxylic acids is 2. The summed E-state index contributed by atoms with van der Waals surface area (Å²) in [6.45, 7) is 1.72. The smallest absolute Gasteiger partial charge is 0.291 e. The van der Waals surface area contributed by atoms with Gasteiger partial charge in [-0.1, -0.05) is 0 Å². The summed E-state index contributed by atoms with van der Waals surface area (Å²) in [6.07, 6.45) is 0.112. The van der Waals surface area contributed by atoms with Crippen LogP contribution in [0, 0.1) is 24.1 Å². The van der Waals surface area contributed by atoms with Crippen molar-refractivity contribution in [1.82, 2.24) is 5.32 Å². The monoisotopic (exact) mass is 247 g/mol. The van der Waals surface area contributed by atoms with Gasteiger partial charge in [0.1, 0.15) is 5.82 Å². The summed E-state index contributed by atoms with van der Waals surface area (Å²) in [6, 6.07) is 3.79. The van der Waals surface area contributed by atoms with Crippen LogP contribution in [0.3, 0.4) is 0 Å². The zero-order chi connectivity index (χ0) is 13.3. The SMILES string of the molecule is Cc1cc(F)c(N2CCC(=O)NC2=O)cc1C#N. The first kappa shape index (κ1) is 12.0. The Morgan fingerprint density at radius 1 is 1.44 bits per heavy atom. The van der Waals surface area contributed by atoms with Crippen LogP contribution in [0.2, 0.25) is 0 Å². The van der Waals surface area contributed by atoms with Crippen molar-refractivity contribution >= 4 is 17.6 Å². The Morgan fingerprint density at radius 3 is 2.78 bits per heavy atom. The van der Waals surface area contributed by atoms with E-state index in [1.807, 2.05) is 6.07 Å². The summed E-state index contributed by atoms with van der Waals surface area (Å²) < 4.78 is 13.8. The summed E-state index contributed by atoms with van der Waals surface area (Å²) >= 11 is 0. The van der Waals surface area contributed by atoms with Crippen LogP contribution in [-0.2, 0) is 4.79 Å². The van der Waals surface area contributed by atoms with Crippen molar-refractivity contribution in [3.05, 3.63) is 29.1 Å². The predicted octanol–water partition coefficient (Wildman–Crippen LogP) is 1.45. The number of hydrogen-bond donors (Lipinski definition) is 1. The third-order valence-electron chi connectivity index (χ3n) is 2.76. The quantitative estimate of drug-likeness (QED) is 0.816. The highest BCUT2D eigenvalue weighted by Gasteiger charge is 2.26. The van der Waals surface area contributed by atoms with E-state index in [-0.39, 0.29) is 24.6 Å². The first-order valence-corrected chi connectivity index (χ1v) is 5.34. The first-order chi connectivity index (χ1) is 8.52. The Morgan fingerprint density at radius 2 is 2.17 bits per heavy atom. The molecule has 1 aliphatic heterocycles. The van der Waals surface area contributed by atoms with Gasteiger partial charge in [-0.05, 0) is 24.6 Å². The number of nitrogens with one attached hydrogen (secondary N) is 1. The van der Waals surface area contributed by atoms with Crippen LogP contribution < -0.4 is 10.2 Å². The van der Waals surface area contributed by atoms with Crippen molar-refractivity contribution < 1.29 is 14.0 Å². The van der Waals surface area contributed by atoms with Crippen molar-refractivity contribution in [3.63, 3.8) is 0 Å². The minimum Gasteiger partial charge on any atom is -0.291 e. The van der Waals surface area contributed by atoms with Crippen LogP contribution in [0.25, 0.3) is 0 Å². The summed E-state index contributed by atoms with van der Waals surface area (Å²) in [7, 11) is 0. The van der Waals surface area contributed by atoms with E-state index in [2.05, 4.69) is 5.32 Å². The van der Waals surface area contributed by atoms with Crippen molar-refractivity contribution in [2.24, 2.45) is 0 Å². The molecular weight excluding hydrogens is 237 g/mol. The molecule has 18 heavy (non-hydrogen) atoms. The number of halogens is 1. The van der Waals surface area contributed by atoms with E-state index in [0.717, 1.165) is 4.90 Å². The largest absolute Gasteiger partial charge is 0.328 e. The minimum atomic E-state index is -0.669. The molecule has 0 aromatic heterocycles. The molecule has 1 aromatic rings. The van der Waals surface area contributed by atoms with Crippen LogP contribution in [0.15, 0.2) is 12.1 Å². The molecule has 3 amide bonds. The number of benzene rings is 1. The molecule has 0 aliphatic carbocycles. The number of aryl methyl sites for hydroxylation is 1. The zero-order valence-corrected chi connectivity index (χ0v) is 9.66. The lowest BCUT2D eigenvalue weighted by Crippen LogP contribution is -2.49. The maximum absolute atomic E-state index is 13.8. The third-order valence-corrected chi connectivity index (χ3v) is 2.76. The van der Waals surface area contributed by atoms with Gasteiger partial charge in [0.05, 0.1) is 17.3 Å². The first-order valence-electron chi connectivity index (χ1n) is 5.34. The van der Waals surface area contributed by atoms with Gasteiger partial charge in [-0.25, -0.2) is 9.18 Å². The van der Waals surface area contributed by atoms with Gasteiger partial charge in [0.25, 0.3) is 0 Å². The molecule has 1 aromatic carbocycles. The number of urea groups is 1. The molecule has 1 aliphatic rings. The lowest BCUT2D eigenvalue weighted by atomic mass is 10.1. The number of imide groups is 1. The highest BCUT2D eigenvalue weighted by Crippen LogP contribution is 2.24. The van der Waals surface area contributed by atoms with Gasteiger partial charge in [0.15, 0.2) is 0 Å². The van der Waals surface area contributed by atoms with Gasteiger partial charge in [-0.2, -0.15) is 5.26 Å². The molecule has 5 nitrogen and oxygen atoms in total. The molecule has 6 heteroatoms. The summed E-state index contributed by atoms with van der Waals surface area (Å²) in [5.41, 5.74) is 0.825. The average molecular weight is 247 g/mol. The number of carbonyl (C=O) groups is 2. The molecule has 0 saturated carbocycles. The van der Waals surface area contributed by atoms with Gasteiger partial charge >= 0.3 is 6.03 Å². The molecule has 0 unspecified atom stereocenters. The molecule has 0 bridgehead atoms. The van der Waals surface area contributed by atoms with Crippen molar-refractivity contribution in [2.75, 3.05) is 11.4 Å².